The molecule has 1 aliphatic rings. The molecule has 1 saturated heterocycles. The van der Waals surface area contributed by atoms with E-state index in [2.05, 4.69) is 20.5 Å². The van der Waals surface area contributed by atoms with Crippen LogP contribution in [0.25, 0.3) is 0 Å². The lowest BCUT2D eigenvalue weighted by molar-refractivity contribution is 0.0374. The quantitative estimate of drug-likeness (QED) is 0.762. The van der Waals surface area contributed by atoms with Crippen molar-refractivity contribution >= 4 is 11.7 Å². The molecule has 0 saturated carbocycles. The van der Waals surface area contributed by atoms with Crippen molar-refractivity contribution in [1.82, 2.24) is 15.2 Å². The van der Waals surface area contributed by atoms with Gasteiger partial charge in [-0.15, -0.1) is 0 Å². The first-order chi connectivity index (χ1) is 10.2. The molecule has 6 heteroatoms. The fourth-order valence-electron chi connectivity index (χ4n) is 2.36. The molecule has 0 radical (unpaired) electrons. The van der Waals surface area contributed by atoms with Crippen molar-refractivity contribution in [3.8, 4) is 0 Å². The zero-order valence-electron chi connectivity index (χ0n) is 12.8. The van der Waals surface area contributed by atoms with E-state index in [0.717, 1.165) is 45.0 Å². The lowest BCUT2D eigenvalue weighted by Crippen LogP contribution is -2.38. The lowest BCUT2D eigenvalue weighted by Gasteiger charge is -2.26. The molecule has 2 heterocycles. The zero-order valence-corrected chi connectivity index (χ0v) is 12.8. The average molecular weight is 292 g/mol. The molecule has 6 nitrogen and oxygen atoms in total. The average Bonchev–Trinajstić information content (AvgIpc) is 2.51. The monoisotopic (exact) mass is 292 g/mol. The van der Waals surface area contributed by atoms with Gasteiger partial charge in [-0.2, -0.15) is 0 Å². The number of ether oxygens (including phenoxy) is 1. The Morgan fingerprint density at radius 3 is 2.86 bits per heavy atom. The summed E-state index contributed by atoms with van der Waals surface area (Å²) in [7, 11) is 1.80. The number of aryl methyl sites for hydroxylation is 1. The fraction of sp³-hybridized carbons (Fsp3) is 0.600. The van der Waals surface area contributed by atoms with E-state index in [1.807, 2.05) is 6.92 Å². The van der Waals surface area contributed by atoms with Gasteiger partial charge in [-0.3, -0.25) is 9.69 Å². The van der Waals surface area contributed by atoms with E-state index in [4.69, 9.17) is 4.74 Å². The Hall–Kier alpha value is -1.66. The highest BCUT2D eigenvalue weighted by molar-refractivity contribution is 5.94. The van der Waals surface area contributed by atoms with E-state index in [1.165, 1.54) is 0 Å². The van der Waals surface area contributed by atoms with Crippen LogP contribution in [0.15, 0.2) is 12.1 Å². The molecule has 1 aromatic heterocycles. The number of morpholine rings is 1. The van der Waals surface area contributed by atoms with Gasteiger partial charge >= 0.3 is 0 Å². The van der Waals surface area contributed by atoms with Crippen molar-refractivity contribution < 1.29 is 9.53 Å². The van der Waals surface area contributed by atoms with Crippen LogP contribution in [0.2, 0.25) is 0 Å². The number of rotatable bonds is 6. The van der Waals surface area contributed by atoms with Crippen molar-refractivity contribution in [1.29, 1.82) is 0 Å². The second-order valence-corrected chi connectivity index (χ2v) is 5.20. The standard InChI is InChI=1S/C15H24N4O2/c1-12-10-13(11-14(16-2)18-12)15(20)17-4-3-5-19-6-8-21-9-7-19/h10-11H,3-9H2,1-2H3,(H,16,18)(H,17,20). The van der Waals surface area contributed by atoms with Crippen LogP contribution in [0.1, 0.15) is 22.5 Å². The lowest BCUT2D eigenvalue weighted by atomic mass is 10.2. The molecule has 1 fully saturated rings. The van der Waals surface area contributed by atoms with Crippen LogP contribution in [-0.4, -0.2) is 62.2 Å². The summed E-state index contributed by atoms with van der Waals surface area (Å²) in [5, 5.41) is 5.93. The highest BCUT2D eigenvalue weighted by atomic mass is 16.5. The van der Waals surface area contributed by atoms with Gasteiger partial charge in [0.15, 0.2) is 0 Å². The van der Waals surface area contributed by atoms with Crippen LogP contribution in [0, 0.1) is 6.92 Å². The summed E-state index contributed by atoms with van der Waals surface area (Å²) < 4.78 is 5.31. The molecule has 1 aromatic rings. The maximum Gasteiger partial charge on any atom is 0.251 e. The van der Waals surface area contributed by atoms with Crippen LogP contribution in [-0.2, 0) is 4.74 Å². The van der Waals surface area contributed by atoms with Crippen molar-refractivity contribution in [3.05, 3.63) is 23.4 Å². The molecule has 0 atom stereocenters. The minimum Gasteiger partial charge on any atom is -0.379 e. The van der Waals surface area contributed by atoms with Gasteiger partial charge in [-0.1, -0.05) is 0 Å². The third-order valence-corrected chi connectivity index (χ3v) is 3.51. The second kappa shape index (κ2) is 7.95. The third-order valence-electron chi connectivity index (χ3n) is 3.51. The van der Waals surface area contributed by atoms with Gasteiger partial charge in [0.1, 0.15) is 5.82 Å². The first-order valence-corrected chi connectivity index (χ1v) is 7.44. The molecular formula is C15H24N4O2. The maximum atomic E-state index is 12.1. The smallest absolute Gasteiger partial charge is 0.251 e. The van der Waals surface area contributed by atoms with Gasteiger partial charge in [0.2, 0.25) is 0 Å². The summed E-state index contributed by atoms with van der Waals surface area (Å²) in [6.45, 7) is 7.18. The Bertz CT molecular complexity index is 473. The Morgan fingerprint density at radius 1 is 1.38 bits per heavy atom. The van der Waals surface area contributed by atoms with E-state index >= 15 is 0 Å². The number of amides is 1. The zero-order chi connectivity index (χ0) is 15.1. The molecule has 0 spiro atoms. The van der Waals surface area contributed by atoms with Gasteiger partial charge in [0, 0.05) is 37.9 Å². The molecular weight excluding hydrogens is 268 g/mol. The number of hydrogen-bond donors (Lipinski definition) is 2. The van der Waals surface area contributed by atoms with E-state index in [1.54, 1.807) is 19.2 Å². The summed E-state index contributed by atoms with van der Waals surface area (Å²) in [5.74, 6) is 0.674. The van der Waals surface area contributed by atoms with Crippen molar-refractivity contribution in [3.63, 3.8) is 0 Å². The SMILES string of the molecule is CNc1cc(C(=O)NCCCN2CCOCC2)cc(C)n1. The Kier molecular flexibility index (Phi) is 5.95. The number of nitrogens with one attached hydrogen (secondary N) is 2. The number of nitrogens with zero attached hydrogens (tertiary/aromatic N) is 2. The summed E-state index contributed by atoms with van der Waals surface area (Å²) in [6.07, 6.45) is 0.953. The summed E-state index contributed by atoms with van der Waals surface area (Å²) in [6, 6.07) is 3.57. The maximum absolute atomic E-state index is 12.1. The summed E-state index contributed by atoms with van der Waals surface area (Å²) in [5.41, 5.74) is 1.48. The van der Waals surface area contributed by atoms with Crippen LogP contribution in [0.5, 0.6) is 0 Å². The molecule has 0 bridgehead atoms. The van der Waals surface area contributed by atoms with Gasteiger partial charge in [0.05, 0.1) is 13.2 Å². The summed E-state index contributed by atoms with van der Waals surface area (Å²) in [4.78, 5) is 18.8. The highest BCUT2D eigenvalue weighted by Gasteiger charge is 2.10. The minimum absolute atomic E-state index is 0.0426. The second-order valence-electron chi connectivity index (χ2n) is 5.20. The molecule has 1 aliphatic heterocycles. The molecule has 0 aromatic carbocycles. The Balaban J connectivity index is 1.75. The normalized spacial score (nSPS) is 15.7. The number of aromatic nitrogens is 1. The van der Waals surface area contributed by atoms with Crippen LogP contribution in [0.3, 0.4) is 0 Å². The van der Waals surface area contributed by atoms with E-state index in [9.17, 15) is 4.79 Å². The fourth-order valence-corrected chi connectivity index (χ4v) is 2.36. The minimum atomic E-state index is -0.0426. The van der Waals surface area contributed by atoms with Crippen LogP contribution in [0.4, 0.5) is 5.82 Å². The number of anilines is 1. The molecule has 0 unspecified atom stereocenters. The number of pyridine rings is 1. The predicted molar refractivity (Wildman–Crippen MR) is 82.7 cm³/mol. The molecule has 21 heavy (non-hydrogen) atoms. The van der Waals surface area contributed by atoms with Crippen LogP contribution < -0.4 is 10.6 Å². The van der Waals surface area contributed by atoms with Crippen molar-refractivity contribution in [2.45, 2.75) is 13.3 Å². The van der Waals surface area contributed by atoms with Crippen LogP contribution >= 0.6 is 0 Å². The largest absolute Gasteiger partial charge is 0.379 e. The highest BCUT2D eigenvalue weighted by Crippen LogP contribution is 2.09. The topological polar surface area (TPSA) is 66.5 Å². The number of carbonyl (C=O) groups excluding carboxylic acids is 1. The van der Waals surface area contributed by atoms with Gasteiger partial charge in [0.25, 0.3) is 5.91 Å². The van der Waals surface area contributed by atoms with E-state index < -0.39 is 0 Å². The predicted octanol–water partition coefficient (Wildman–Crippen LogP) is 0.884. The number of hydrogen-bond acceptors (Lipinski definition) is 5. The van der Waals surface area contributed by atoms with Crippen molar-refractivity contribution in [2.75, 3.05) is 51.8 Å². The Morgan fingerprint density at radius 2 is 2.14 bits per heavy atom. The Labute approximate surface area is 125 Å². The molecule has 1 amide bonds. The number of carbonyl (C=O) groups is 1. The molecule has 0 aliphatic carbocycles. The van der Waals surface area contributed by atoms with Gasteiger partial charge < -0.3 is 15.4 Å². The van der Waals surface area contributed by atoms with E-state index in [-0.39, 0.29) is 5.91 Å². The first-order valence-electron chi connectivity index (χ1n) is 7.44. The molecule has 2 rings (SSSR count). The first kappa shape index (κ1) is 15.7. The van der Waals surface area contributed by atoms with Crippen molar-refractivity contribution in [2.24, 2.45) is 0 Å². The van der Waals surface area contributed by atoms with Gasteiger partial charge in [-0.25, -0.2) is 4.98 Å². The van der Waals surface area contributed by atoms with E-state index in [0.29, 0.717) is 17.9 Å². The third kappa shape index (κ3) is 4.99. The summed E-state index contributed by atoms with van der Waals surface area (Å²) >= 11 is 0. The molecule has 2 N–H and O–H groups in total. The van der Waals surface area contributed by atoms with Gasteiger partial charge in [-0.05, 0) is 32.0 Å². The molecule has 116 valence electrons.